The molecule has 2 aliphatic rings. The molecule has 0 unspecified atom stereocenters. The minimum atomic E-state index is -0.479. The van der Waals surface area contributed by atoms with Gasteiger partial charge >= 0.3 is 0 Å². The van der Waals surface area contributed by atoms with Crippen molar-refractivity contribution in [1.82, 2.24) is 14.9 Å². The molecule has 6 nitrogen and oxygen atoms in total. The van der Waals surface area contributed by atoms with E-state index in [-0.39, 0.29) is 11.8 Å². The van der Waals surface area contributed by atoms with Gasteiger partial charge in [0.25, 0.3) is 5.91 Å². The average Bonchev–Trinajstić information content (AvgIpc) is 2.98. The van der Waals surface area contributed by atoms with Crippen molar-refractivity contribution in [2.75, 3.05) is 13.1 Å². The van der Waals surface area contributed by atoms with E-state index >= 15 is 0 Å². The van der Waals surface area contributed by atoms with Gasteiger partial charge in [-0.05, 0) is 30.5 Å². The number of carbonyl (C=O) groups excluding carboxylic acids is 2. The summed E-state index contributed by atoms with van der Waals surface area (Å²) >= 11 is 0. The first-order valence-electron chi connectivity index (χ1n) is 8.89. The van der Waals surface area contributed by atoms with E-state index < -0.39 is 5.60 Å². The number of nitrogens with zero attached hydrogens (tertiary/aromatic N) is 3. The number of carbonyl (C=O) groups is 2. The Kier molecular flexibility index (Phi) is 4.42. The number of pyridine rings is 1. The number of likely N-dealkylation sites (tertiary alicyclic amines) is 1. The number of hydrogen-bond donors (Lipinski definition) is 0. The first-order chi connectivity index (χ1) is 12.7. The van der Waals surface area contributed by atoms with Gasteiger partial charge in [0.2, 0.25) is 5.91 Å². The Morgan fingerprint density at radius 3 is 2.50 bits per heavy atom. The van der Waals surface area contributed by atoms with E-state index in [9.17, 15) is 9.59 Å². The normalized spacial score (nSPS) is 19.2. The minimum absolute atomic E-state index is 0.0124. The highest BCUT2D eigenvalue weighted by molar-refractivity contribution is 5.92. The maximum atomic E-state index is 12.5. The van der Waals surface area contributed by atoms with Crippen molar-refractivity contribution in [3.63, 3.8) is 0 Å². The third-order valence-electron chi connectivity index (χ3n) is 5.07. The van der Waals surface area contributed by atoms with Gasteiger partial charge in [0.15, 0.2) is 0 Å². The predicted octanol–water partition coefficient (Wildman–Crippen LogP) is 2.42. The SMILES string of the molecule is O=C(c1ccccn1)N1CCC2(CC1)CC(=O)N(Cc1ccccc1)O2. The Balaban J connectivity index is 1.38. The molecule has 1 aromatic heterocycles. The number of amides is 2. The summed E-state index contributed by atoms with van der Waals surface area (Å²) in [6, 6.07) is 15.1. The topological polar surface area (TPSA) is 62.7 Å². The van der Waals surface area contributed by atoms with Crippen molar-refractivity contribution in [2.45, 2.75) is 31.4 Å². The van der Waals surface area contributed by atoms with Crippen LogP contribution in [0.5, 0.6) is 0 Å². The van der Waals surface area contributed by atoms with Crippen LogP contribution in [0.25, 0.3) is 0 Å². The first-order valence-corrected chi connectivity index (χ1v) is 8.89. The third-order valence-corrected chi connectivity index (χ3v) is 5.07. The van der Waals surface area contributed by atoms with Crippen LogP contribution in [-0.4, -0.2) is 45.5 Å². The molecule has 3 heterocycles. The fourth-order valence-corrected chi connectivity index (χ4v) is 3.59. The number of benzene rings is 1. The molecule has 0 radical (unpaired) electrons. The van der Waals surface area contributed by atoms with E-state index in [1.165, 1.54) is 5.06 Å². The maximum absolute atomic E-state index is 12.5. The second kappa shape index (κ2) is 6.88. The molecule has 0 aliphatic carbocycles. The number of rotatable bonds is 3. The highest BCUT2D eigenvalue weighted by Gasteiger charge is 2.47. The molecular weight excluding hydrogens is 330 g/mol. The lowest BCUT2D eigenvalue weighted by molar-refractivity contribution is -0.213. The lowest BCUT2D eigenvalue weighted by Gasteiger charge is -2.37. The summed E-state index contributed by atoms with van der Waals surface area (Å²) in [5.41, 5.74) is 1.02. The lowest BCUT2D eigenvalue weighted by atomic mass is 9.88. The fourth-order valence-electron chi connectivity index (χ4n) is 3.59. The molecule has 6 heteroatoms. The molecule has 0 N–H and O–H groups in total. The minimum Gasteiger partial charge on any atom is -0.337 e. The van der Waals surface area contributed by atoms with Crippen LogP contribution >= 0.6 is 0 Å². The fraction of sp³-hybridized carbons (Fsp3) is 0.350. The van der Waals surface area contributed by atoms with E-state index in [4.69, 9.17) is 4.84 Å². The van der Waals surface area contributed by atoms with Gasteiger partial charge in [0.05, 0.1) is 13.0 Å². The second-order valence-corrected chi connectivity index (χ2v) is 6.87. The van der Waals surface area contributed by atoms with Crippen molar-refractivity contribution in [3.8, 4) is 0 Å². The van der Waals surface area contributed by atoms with Crippen LogP contribution in [0.3, 0.4) is 0 Å². The van der Waals surface area contributed by atoms with E-state index in [1.807, 2.05) is 36.4 Å². The summed E-state index contributed by atoms with van der Waals surface area (Å²) in [5, 5.41) is 1.48. The Bertz CT molecular complexity index is 786. The Morgan fingerprint density at radius 2 is 1.81 bits per heavy atom. The molecule has 2 amide bonds. The van der Waals surface area contributed by atoms with Crippen LogP contribution in [0, 0.1) is 0 Å². The van der Waals surface area contributed by atoms with Crippen molar-refractivity contribution in [1.29, 1.82) is 0 Å². The predicted molar refractivity (Wildman–Crippen MR) is 94.8 cm³/mol. The van der Waals surface area contributed by atoms with E-state index in [2.05, 4.69) is 4.98 Å². The quantitative estimate of drug-likeness (QED) is 0.852. The van der Waals surface area contributed by atoms with Gasteiger partial charge in [-0.1, -0.05) is 36.4 Å². The monoisotopic (exact) mass is 351 g/mol. The molecular formula is C20H21N3O3. The molecule has 1 aromatic carbocycles. The number of aromatic nitrogens is 1. The summed E-state index contributed by atoms with van der Waals surface area (Å²) in [6.07, 6.45) is 3.32. The van der Waals surface area contributed by atoms with Gasteiger partial charge in [-0.2, -0.15) is 0 Å². The molecule has 2 aliphatic heterocycles. The van der Waals surface area contributed by atoms with Gasteiger partial charge in [0, 0.05) is 19.3 Å². The lowest BCUT2D eigenvalue weighted by Crippen LogP contribution is -2.47. The maximum Gasteiger partial charge on any atom is 0.272 e. The van der Waals surface area contributed by atoms with Crippen LogP contribution in [0.1, 0.15) is 35.3 Å². The largest absolute Gasteiger partial charge is 0.337 e. The average molecular weight is 351 g/mol. The van der Waals surface area contributed by atoms with E-state index in [0.29, 0.717) is 44.6 Å². The second-order valence-electron chi connectivity index (χ2n) is 6.87. The highest BCUT2D eigenvalue weighted by Crippen LogP contribution is 2.37. The smallest absolute Gasteiger partial charge is 0.272 e. The molecule has 0 bridgehead atoms. The Labute approximate surface area is 152 Å². The van der Waals surface area contributed by atoms with Gasteiger partial charge in [-0.25, -0.2) is 5.06 Å². The summed E-state index contributed by atoms with van der Waals surface area (Å²) in [4.78, 5) is 36.9. The molecule has 2 saturated heterocycles. The van der Waals surface area contributed by atoms with Crippen LogP contribution < -0.4 is 0 Å². The third kappa shape index (κ3) is 3.32. The van der Waals surface area contributed by atoms with Gasteiger partial charge in [-0.3, -0.25) is 19.4 Å². The zero-order chi connectivity index (χ0) is 18.0. The van der Waals surface area contributed by atoms with Crippen molar-refractivity contribution in [3.05, 3.63) is 66.0 Å². The molecule has 2 fully saturated rings. The van der Waals surface area contributed by atoms with Gasteiger partial charge in [0.1, 0.15) is 11.3 Å². The Morgan fingerprint density at radius 1 is 1.08 bits per heavy atom. The van der Waals surface area contributed by atoms with Gasteiger partial charge < -0.3 is 4.90 Å². The molecule has 0 atom stereocenters. The standard InChI is InChI=1S/C20H21N3O3/c24-18-14-20(26-23(18)15-16-6-2-1-3-7-16)9-12-22(13-10-20)19(25)17-8-4-5-11-21-17/h1-8,11H,9-10,12-15H2. The molecule has 26 heavy (non-hydrogen) atoms. The summed E-state index contributed by atoms with van der Waals surface area (Å²) in [6.45, 7) is 1.60. The first kappa shape index (κ1) is 16.7. The number of hydrogen-bond acceptors (Lipinski definition) is 4. The Hall–Kier alpha value is -2.73. The summed E-state index contributed by atoms with van der Waals surface area (Å²) in [7, 11) is 0. The van der Waals surface area contributed by atoms with Crippen LogP contribution in [0.15, 0.2) is 54.7 Å². The number of hydroxylamine groups is 2. The van der Waals surface area contributed by atoms with Crippen molar-refractivity contribution in [2.24, 2.45) is 0 Å². The van der Waals surface area contributed by atoms with Gasteiger partial charge in [-0.15, -0.1) is 0 Å². The number of piperidine rings is 1. The van der Waals surface area contributed by atoms with Crippen molar-refractivity contribution >= 4 is 11.8 Å². The van der Waals surface area contributed by atoms with Crippen LogP contribution in [-0.2, 0) is 16.2 Å². The van der Waals surface area contributed by atoms with E-state index in [0.717, 1.165) is 5.56 Å². The van der Waals surface area contributed by atoms with E-state index in [1.54, 1.807) is 23.2 Å². The van der Waals surface area contributed by atoms with Crippen LogP contribution in [0.4, 0.5) is 0 Å². The zero-order valence-electron chi connectivity index (χ0n) is 14.5. The molecule has 2 aromatic rings. The molecule has 1 spiro atoms. The molecule has 0 saturated carbocycles. The highest BCUT2D eigenvalue weighted by atomic mass is 16.7. The molecule has 134 valence electrons. The van der Waals surface area contributed by atoms with Crippen LogP contribution in [0.2, 0.25) is 0 Å². The summed E-state index contributed by atoms with van der Waals surface area (Å²) < 4.78 is 0. The molecule has 4 rings (SSSR count). The summed E-state index contributed by atoms with van der Waals surface area (Å²) in [5.74, 6) is -0.0516. The zero-order valence-corrected chi connectivity index (χ0v) is 14.5. The van der Waals surface area contributed by atoms with Crippen molar-refractivity contribution < 1.29 is 14.4 Å².